The van der Waals surface area contributed by atoms with Crippen molar-refractivity contribution in [3.05, 3.63) is 6.07 Å². The summed E-state index contributed by atoms with van der Waals surface area (Å²) >= 11 is 0. The minimum atomic E-state index is 0.304. The highest BCUT2D eigenvalue weighted by atomic mass is 16.5. The quantitative estimate of drug-likeness (QED) is 0.762. The van der Waals surface area contributed by atoms with Gasteiger partial charge in [-0.25, -0.2) is 0 Å². The van der Waals surface area contributed by atoms with E-state index in [0.717, 1.165) is 77.3 Å². The number of rotatable bonds is 5. The van der Waals surface area contributed by atoms with Crippen LogP contribution in [0.4, 0.5) is 17.6 Å². The molecule has 3 rings (SSSR count). The maximum Gasteiger partial charge on any atom is 0.223 e. The van der Waals surface area contributed by atoms with Gasteiger partial charge < -0.3 is 25.4 Å². The summed E-state index contributed by atoms with van der Waals surface area (Å²) < 4.78 is 10.7. The van der Waals surface area contributed by atoms with Crippen molar-refractivity contribution in [2.75, 3.05) is 81.6 Å². The van der Waals surface area contributed by atoms with Gasteiger partial charge in [-0.3, -0.25) is 4.90 Å². The molecule has 22 heavy (non-hydrogen) atoms. The summed E-state index contributed by atoms with van der Waals surface area (Å²) in [6.45, 7) is 8.56. The summed E-state index contributed by atoms with van der Waals surface area (Å²) in [4.78, 5) is 13.1. The van der Waals surface area contributed by atoms with E-state index in [1.807, 2.05) is 6.07 Å². The van der Waals surface area contributed by atoms with Gasteiger partial charge in [0.25, 0.3) is 0 Å². The number of anilines is 3. The number of nitrogens with zero attached hydrogens (tertiary/aromatic N) is 4. The molecular formula is C14H24N6O2. The molecule has 0 bridgehead atoms. The second-order valence-electron chi connectivity index (χ2n) is 5.45. The molecular weight excluding hydrogens is 284 g/mol. The van der Waals surface area contributed by atoms with Crippen LogP contribution >= 0.6 is 0 Å². The molecule has 0 atom stereocenters. The molecule has 1 aromatic heterocycles. The fourth-order valence-electron chi connectivity index (χ4n) is 2.66. The van der Waals surface area contributed by atoms with E-state index in [4.69, 9.17) is 15.2 Å². The summed E-state index contributed by atoms with van der Waals surface area (Å²) in [6.07, 6.45) is 0. The van der Waals surface area contributed by atoms with Gasteiger partial charge in [0.1, 0.15) is 11.6 Å². The smallest absolute Gasteiger partial charge is 0.223 e. The highest BCUT2D eigenvalue weighted by molar-refractivity contribution is 5.52. The number of ether oxygens (including phenoxy) is 2. The third kappa shape index (κ3) is 4.19. The van der Waals surface area contributed by atoms with Gasteiger partial charge >= 0.3 is 0 Å². The van der Waals surface area contributed by atoms with Gasteiger partial charge in [0.2, 0.25) is 5.95 Å². The van der Waals surface area contributed by atoms with Crippen molar-refractivity contribution < 1.29 is 9.47 Å². The molecule has 0 aliphatic carbocycles. The van der Waals surface area contributed by atoms with Gasteiger partial charge in [0.15, 0.2) is 0 Å². The lowest BCUT2D eigenvalue weighted by molar-refractivity contribution is 0.0398. The average molecular weight is 308 g/mol. The van der Waals surface area contributed by atoms with Crippen LogP contribution in [0, 0.1) is 0 Å². The third-order valence-electron chi connectivity index (χ3n) is 3.90. The van der Waals surface area contributed by atoms with E-state index in [1.54, 1.807) is 0 Å². The Balaban J connectivity index is 1.54. The maximum atomic E-state index is 5.83. The minimum Gasteiger partial charge on any atom is -0.379 e. The first kappa shape index (κ1) is 15.3. The van der Waals surface area contributed by atoms with Crippen LogP contribution in [0.5, 0.6) is 0 Å². The van der Waals surface area contributed by atoms with Crippen molar-refractivity contribution in [2.24, 2.45) is 0 Å². The highest BCUT2D eigenvalue weighted by Gasteiger charge is 2.14. The van der Waals surface area contributed by atoms with E-state index in [9.17, 15) is 0 Å². The number of nitrogens with two attached hydrogens (primary N) is 1. The normalized spacial score (nSPS) is 20.1. The van der Waals surface area contributed by atoms with E-state index >= 15 is 0 Å². The van der Waals surface area contributed by atoms with Gasteiger partial charge in [-0.15, -0.1) is 0 Å². The molecule has 2 fully saturated rings. The van der Waals surface area contributed by atoms with E-state index in [1.165, 1.54) is 0 Å². The van der Waals surface area contributed by atoms with Gasteiger partial charge in [-0.1, -0.05) is 0 Å². The largest absolute Gasteiger partial charge is 0.379 e. The van der Waals surface area contributed by atoms with Crippen molar-refractivity contribution >= 4 is 17.6 Å². The molecule has 0 unspecified atom stereocenters. The van der Waals surface area contributed by atoms with E-state index in [2.05, 4.69) is 25.1 Å². The first-order chi connectivity index (χ1) is 10.8. The molecule has 8 nitrogen and oxygen atoms in total. The van der Waals surface area contributed by atoms with Crippen molar-refractivity contribution in [1.82, 2.24) is 14.9 Å². The summed E-state index contributed by atoms with van der Waals surface area (Å²) in [6, 6.07) is 1.96. The minimum absolute atomic E-state index is 0.304. The van der Waals surface area contributed by atoms with Crippen molar-refractivity contribution in [3.8, 4) is 0 Å². The molecule has 0 amide bonds. The predicted octanol–water partition coefficient (Wildman–Crippen LogP) is -0.360. The first-order valence-electron chi connectivity index (χ1n) is 7.82. The zero-order chi connectivity index (χ0) is 15.2. The van der Waals surface area contributed by atoms with Crippen LogP contribution < -0.4 is 16.0 Å². The number of morpholine rings is 2. The number of nitrogen functional groups attached to an aromatic ring is 1. The molecule has 0 saturated carbocycles. The van der Waals surface area contributed by atoms with Crippen LogP contribution in [-0.4, -0.2) is 80.6 Å². The number of hydrogen-bond acceptors (Lipinski definition) is 8. The fourth-order valence-corrected chi connectivity index (χ4v) is 2.66. The van der Waals surface area contributed by atoms with E-state index in [-0.39, 0.29) is 0 Å². The maximum absolute atomic E-state index is 5.83. The van der Waals surface area contributed by atoms with Crippen LogP contribution in [0.1, 0.15) is 0 Å². The monoisotopic (exact) mass is 308 g/mol. The molecule has 1 aromatic rings. The predicted molar refractivity (Wildman–Crippen MR) is 85.2 cm³/mol. The summed E-state index contributed by atoms with van der Waals surface area (Å²) in [7, 11) is 0. The Morgan fingerprint density at radius 2 is 1.73 bits per heavy atom. The first-order valence-corrected chi connectivity index (χ1v) is 7.82. The average Bonchev–Trinajstić information content (AvgIpc) is 2.56. The Bertz CT molecular complexity index is 474. The molecule has 8 heteroatoms. The van der Waals surface area contributed by atoms with Crippen LogP contribution in [0.15, 0.2) is 6.07 Å². The van der Waals surface area contributed by atoms with Crippen LogP contribution in [0.25, 0.3) is 0 Å². The Hall–Kier alpha value is -1.64. The van der Waals surface area contributed by atoms with E-state index in [0.29, 0.717) is 5.95 Å². The zero-order valence-corrected chi connectivity index (χ0v) is 12.8. The lowest BCUT2D eigenvalue weighted by Gasteiger charge is -2.28. The SMILES string of the molecule is Nc1nc(NCCN2CCOCC2)cc(N2CCOCC2)n1. The molecule has 3 heterocycles. The molecule has 2 saturated heterocycles. The lowest BCUT2D eigenvalue weighted by atomic mass is 10.4. The van der Waals surface area contributed by atoms with Crippen LogP contribution in [-0.2, 0) is 9.47 Å². The molecule has 0 spiro atoms. The topological polar surface area (TPSA) is 88.8 Å². The Morgan fingerprint density at radius 3 is 2.45 bits per heavy atom. The second kappa shape index (κ2) is 7.57. The highest BCUT2D eigenvalue weighted by Crippen LogP contribution is 2.18. The van der Waals surface area contributed by atoms with Gasteiger partial charge in [0.05, 0.1) is 26.4 Å². The Kier molecular flexibility index (Phi) is 5.25. The Morgan fingerprint density at radius 1 is 1.05 bits per heavy atom. The number of hydrogen-bond donors (Lipinski definition) is 2. The molecule has 2 aliphatic heterocycles. The van der Waals surface area contributed by atoms with Crippen LogP contribution in [0.3, 0.4) is 0 Å². The van der Waals surface area contributed by atoms with Crippen molar-refractivity contribution in [3.63, 3.8) is 0 Å². The summed E-state index contributed by atoms with van der Waals surface area (Å²) in [5.41, 5.74) is 5.83. The molecule has 122 valence electrons. The number of nitrogens with one attached hydrogen (secondary N) is 1. The van der Waals surface area contributed by atoms with Gasteiger partial charge in [-0.2, -0.15) is 9.97 Å². The lowest BCUT2D eigenvalue weighted by Crippen LogP contribution is -2.39. The van der Waals surface area contributed by atoms with Gasteiger partial charge in [-0.05, 0) is 0 Å². The van der Waals surface area contributed by atoms with E-state index < -0.39 is 0 Å². The molecule has 0 radical (unpaired) electrons. The zero-order valence-electron chi connectivity index (χ0n) is 12.8. The Labute approximate surface area is 130 Å². The van der Waals surface area contributed by atoms with Crippen molar-refractivity contribution in [2.45, 2.75) is 0 Å². The second-order valence-corrected chi connectivity index (χ2v) is 5.45. The van der Waals surface area contributed by atoms with Crippen molar-refractivity contribution in [1.29, 1.82) is 0 Å². The molecule has 2 aliphatic rings. The standard InChI is InChI=1S/C14H24N6O2/c15-14-17-12(16-1-2-19-3-7-21-8-4-19)11-13(18-14)20-5-9-22-10-6-20/h11H,1-10H2,(H3,15,16,17,18). The van der Waals surface area contributed by atoms with Crippen LogP contribution in [0.2, 0.25) is 0 Å². The molecule has 3 N–H and O–H groups in total. The van der Waals surface area contributed by atoms with Gasteiger partial charge in [0, 0.05) is 45.3 Å². The number of aromatic nitrogens is 2. The summed E-state index contributed by atoms with van der Waals surface area (Å²) in [5.74, 6) is 1.95. The summed E-state index contributed by atoms with van der Waals surface area (Å²) in [5, 5.41) is 3.34. The third-order valence-corrected chi connectivity index (χ3v) is 3.90. The fraction of sp³-hybridized carbons (Fsp3) is 0.714. The molecule has 0 aromatic carbocycles.